The standard InChI is InChI=1S/C18H20FN3OS/c1-11-16(12-6-8-22(11)9-7-12)21-17(23)18-20-10-15(24-18)13-4-2-3-5-14(13)19/h2-5,10-12,16H,6-9H2,1H3,(H,21,23)/t11-,16-/m0/s1. The second-order valence-electron chi connectivity index (χ2n) is 6.62. The summed E-state index contributed by atoms with van der Waals surface area (Å²) in [5.74, 6) is 0.118. The van der Waals surface area contributed by atoms with Crippen LogP contribution in [-0.2, 0) is 0 Å². The highest BCUT2D eigenvalue weighted by Crippen LogP contribution is 2.33. The Balaban J connectivity index is 1.51. The van der Waals surface area contributed by atoms with Gasteiger partial charge in [0.1, 0.15) is 5.82 Å². The molecule has 0 saturated carbocycles. The minimum atomic E-state index is -0.292. The van der Waals surface area contributed by atoms with Gasteiger partial charge in [0.05, 0.1) is 4.88 Å². The zero-order valence-electron chi connectivity index (χ0n) is 13.5. The fourth-order valence-corrected chi connectivity index (χ4v) is 4.77. The lowest BCUT2D eigenvalue weighted by Crippen LogP contribution is -2.62. The van der Waals surface area contributed by atoms with Crippen LogP contribution in [0.2, 0.25) is 0 Å². The van der Waals surface area contributed by atoms with Gasteiger partial charge in [0.2, 0.25) is 0 Å². The Morgan fingerprint density at radius 1 is 1.33 bits per heavy atom. The first-order chi connectivity index (χ1) is 11.6. The monoisotopic (exact) mass is 345 g/mol. The van der Waals surface area contributed by atoms with Gasteiger partial charge in [-0.2, -0.15) is 0 Å². The molecule has 1 N–H and O–H groups in total. The number of fused-ring (bicyclic) bond motifs is 3. The van der Waals surface area contributed by atoms with Gasteiger partial charge in [-0.1, -0.05) is 18.2 Å². The van der Waals surface area contributed by atoms with Gasteiger partial charge in [-0.25, -0.2) is 9.37 Å². The van der Waals surface area contributed by atoms with Crippen LogP contribution in [0, 0.1) is 11.7 Å². The number of aromatic nitrogens is 1. The molecule has 4 heterocycles. The van der Waals surface area contributed by atoms with E-state index in [9.17, 15) is 9.18 Å². The molecular weight excluding hydrogens is 325 g/mol. The summed E-state index contributed by atoms with van der Waals surface area (Å²) in [4.78, 5) is 19.9. The highest BCUT2D eigenvalue weighted by atomic mass is 32.1. The number of halogens is 1. The van der Waals surface area contributed by atoms with Gasteiger partial charge in [0.25, 0.3) is 5.91 Å². The van der Waals surface area contributed by atoms with Crippen LogP contribution in [0.15, 0.2) is 30.5 Å². The lowest BCUT2D eigenvalue weighted by atomic mass is 9.79. The van der Waals surface area contributed by atoms with Crippen molar-refractivity contribution in [3.8, 4) is 10.4 Å². The van der Waals surface area contributed by atoms with Crippen molar-refractivity contribution in [1.29, 1.82) is 0 Å². The summed E-state index contributed by atoms with van der Waals surface area (Å²) >= 11 is 1.24. The highest BCUT2D eigenvalue weighted by molar-refractivity contribution is 7.17. The molecule has 4 nitrogen and oxygen atoms in total. The van der Waals surface area contributed by atoms with Crippen molar-refractivity contribution in [3.63, 3.8) is 0 Å². The summed E-state index contributed by atoms with van der Waals surface area (Å²) in [5.41, 5.74) is 0.491. The molecule has 0 aliphatic carbocycles. The number of nitrogens with zero attached hydrogens (tertiary/aromatic N) is 2. The van der Waals surface area contributed by atoms with Crippen molar-refractivity contribution in [2.45, 2.75) is 31.8 Å². The number of nitrogens with one attached hydrogen (secondary N) is 1. The number of piperidine rings is 3. The summed E-state index contributed by atoms with van der Waals surface area (Å²) in [6.45, 7) is 4.45. The van der Waals surface area contributed by atoms with Crippen LogP contribution in [0.4, 0.5) is 4.39 Å². The SMILES string of the molecule is C[C@H]1[C@H](NC(=O)c2ncc(-c3ccccc3F)s2)C2CCN1CC2. The summed E-state index contributed by atoms with van der Waals surface area (Å²) in [6, 6.07) is 7.12. The van der Waals surface area contributed by atoms with E-state index in [2.05, 4.69) is 22.1 Å². The van der Waals surface area contributed by atoms with E-state index >= 15 is 0 Å². The molecule has 5 rings (SSSR count). The van der Waals surface area contributed by atoms with Crippen molar-refractivity contribution in [2.24, 2.45) is 5.92 Å². The van der Waals surface area contributed by atoms with Crippen LogP contribution in [0.3, 0.4) is 0 Å². The molecule has 0 spiro atoms. The Kier molecular flexibility index (Phi) is 4.10. The van der Waals surface area contributed by atoms with E-state index in [1.165, 1.54) is 17.4 Å². The van der Waals surface area contributed by atoms with Crippen molar-refractivity contribution in [2.75, 3.05) is 13.1 Å². The molecule has 3 fully saturated rings. The minimum Gasteiger partial charge on any atom is -0.345 e. The highest BCUT2D eigenvalue weighted by Gasteiger charge is 2.40. The van der Waals surface area contributed by atoms with E-state index in [4.69, 9.17) is 0 Å². The average molecular weight is 345 g/mol. The van der Waals surface area contributed by atoms with Gasteiger partial charge in [0.15, 0.2) is 5.01 Å². The molecule has 2 aromatic rings. The number of rotatable bonds is 3. The molecule has 1 aromatic carbocycles. The molecular formula is C18H20FN3OS. The fraction of sp³-hybridized carbons (Fsp3) is 0.444. The quantitative estimate of drug-likeness (QED) is 0.929. The molecule has 3 aliphatic rings. The van der Waals surface area contributed by atoms with Crippen LogP contribution < -0.4 is 5.32 Å². The van der Waals surface area contributed by atoms with Gasteiger partial charge in [-0.15, -0.1) is 11.3 Å². The predicted octanol–water partition coefficient (Wildman–Crippen LogP) is 3.16. The molecule has 2 bridgehead atoms. The molecule has 0 radical (unpaired) electrons. The Bertz CT molecular complexity index is 752. The average Bonchev–Trinajstić information content (AvgIpc) is 3.09. The van der Waals surface area contributed by atoms with Crippen LogP contribution in [0.25, 0.3) is 10.4 Å². The van der Waals surface area contributed by atoms with Gasteiger partial charge in [0, 0.05) is 23.8 Å². The second-order valence-corrected chi connectivity index (χ2v) is 7.65. The van der Waals surface area contributed by atoms with Crippen LogP contribution >= 0.6 is 11.3 Å². The first-order valence-electron chi connectivity index (χ1n) is 8.39. The molecule has 6 heteroatoms. The van der Waals surface area contributed by atoms with E-state index in [-0.39, 0.29) is 17.8 Å². The third-order valence-corrected chi connectivity index (χ3v) is 6.34. The Labute approximate surface area is 144 Å². The molecule has 24 heavy (non-hydrogen) atoms. The molecule has 1 aromatic heterocycles. The van der Waals surface area contributed by atoms with Crippen molar-refractivity contribution < 1.29 is 9.18 Å². The number of hydrogen-bond acceptors (Lipinski definition) is 4. The van der Waals surface area contributed by atoms with E-state index in [0.717, 1.165) is 25.9 Å². The maximum atomic E-state index is 13.9. The molecule has 126 valence electrons. The molecule has 0 unspecified atom stereocenters. The minimum absolute atomic E-state index is 0.145. The fourth-order valence-electron chi connectivity index (χ4n) is 3.92. The molecule has 3 aliphatic heterocycles. The lowest BCUT2D eigenvalue weighted by Gasteiger charge is -2.49. The second kappa shape index (κ2) is 6.26. The zero-order valence-corrected chi connectivity index (χ0v) is 14.4. The maximum Gasteiger partial charge on any atom is 0.280 e. The van der Waals surface area contributed by atoms with E-state index in [1.807, 2.05) is 0 Å². The normalized spacial score (nSPS) is 28.8. The summed E-state index contributed by atoms with van der Waals surface area (Å²) in [7, 11) is 0. The lowest BCUT2D eigenvalue weighted by molar-refractivity contribution is 0.0217. The number of carbonyl (C=O) groups is 1. The zero-order chi connectivity index (χ0) is 16.7. The molecule has 1 amide bonds. The number of thiazole rings is 1. The predicted molar refractivity (Wildman–Crippen MR) is 92.5 cm³/mol. The largest absolute Gasteiger partial charge is 0.345 e. The van der Waals surface area contributed by atoms with E-state index in [0.29, 0.717) is 27.4 Å². The first kappa shape index (κ1) is 15.7. The van der Waals surface area contributed by atoms with E-state index in [1.54, 1.807) is 24.4 Å². The smallest absolute Gasteiger partial charge is 0.280 e. The number of benzene rings is 1. The number of hydrogen-bond donors (Lipinski definition) is 1. The Hall–Kier alpha value is -1.79. The topological polar surface area (TPSA) is 45.2 Å². The van der Waals surface area contributed by atoms with Crippen molar-refractivity contribution in [1.82, 2.24) is 15.2 Å². The number of carbonyl (C=O) groups excluding carboxylic acids is 1. The molecule has 2 atom stereocenters. The van der Waals surface area contributed by atoms with Crippen molar-refractivity contribution >= 4 is 17.2 Å². The number of amides is 1. The van der Waals surface area contributed by atoms with Gasteiger partial charge in [-0.3, -0.25) is 9.69 Å². The Morgan fingerprint density at radius 2 is 2.08 bits per heavy atom. The van der Waals surface area contributed by atoms with Gasteiger partial charge < -0.3 is 5.32 Å². The third kappa shape index (κ3) is 2.74. The van der Waals surface area contributed by atoms with Gasteiger partial charge >= 0.3 is 0 Å². The van der Waals surface area contributed by atoms with Gasteiger partial charge in [-0.05, 0) is 44.8 Å². The summed E-state index contributed by atoms with van der Waals surface area (Å²) in [5, 5.41) is 3.57. The van der Waals surface area contributed by atoms with Crippen LogP contribution in [0.5, 0.6) is 0 Å². The van der Waals surface area contributed by atoms with Crippen LogP contribution in [0.1, 0.15) is 29.6 Å². The molecule has 3 saturated heterocycles. The van der Waals surface area contributed by atoms with Crippen molar-refractivity contribution in [3.05, 3.63) is 41.3 Å². The summed E-state index contributed by atoms with van der Waals surface area (Å²) in [6.07, 6.45) is 3.87. The van der Waals surface area contributed by atoms with Crippen LogP contribution in [-0.4, -0.2) is 41.0 Å². The summed E-state index contributed by atoms with van der Waals surface area (Å²) < 4.78 is 13.9. The Morgan fingerprint density at radius 3 is 2.79 bits per heavy atom. The van der Waals surface area contributed by atoms with E-state index < -0.39 is 0 Å². The third-order valence-electron chi connectivity index (χ3n) is 5.31. The maximum absolute atomic E-state index is 13.9. The first-order valence-corrected chi connectivity index (χ1v) is 9.21.